The Kier molecular flexibility index (Phi) is 2.88. The van der Waals surface area contributed by atoms with Gasteiger partial charge in [0.05, 0.1) is 0 Å². The Labute approximate surface area is 73.1 Å². The van der Waals surface area contributed by atoms with Gasteiger partial charge in [-0.2, -0.15) is 10.5 Å². The third-order valence-electron chi connectivity index (χ3n) is 2.45. The van der Waals surface area contributed by atoms with Crippen LogP contribution in [-0.4, -0.2) is 0 Å². The summed E-state index contributed by atoms with van der Waals surface area (Å²) in [6.07, 6.45) is 4.14. The molecule has 0 aromatic heterocycles. The van der Waals surface area contributed by atoms with Crippen molar-refractivity contribution in [3.63, 3.8) is 0 Å². The van der Waals surface area contributed by atoms with Crippen LogP contribution >= 0.6 is 0 Å². The summed E-state index contributed by atoms with van der Waals surface area (Å²) in [5, 5.41) is 17.2. The Balaban J connectivity index is 2.73. The molecule has 0 heterocycles. The van der Waals surface area contributed by atoms with Gasteiger partial charge in [0.2, 0.25) is 0 Å². The minimum atomic E-state index is 0.349. The van der Waals surface area contributed by atoms with E-state index in [1.807, 2.05) is 12.1 Å². The molecule has 2 nitrogen and oxygen atoms in total. The van der Waals surface area contributed by atoms with Crippen molar-refractivity contribution >= 4 is 0 Å². The molecular weight excluding hydrogens is 148 g/mol. The zero-order chi connectivity index (χ0) is 8.97. The highest BCUT2D eigenvalue weighted by atomic mass is 14.3. The number of nitriles is 2. The third kappa shape index (κ3) is 1.86. The standard InChI is InChI=1S/C10H12N2/c1-8-2-4-9(5-3-8)10(6-11)7-12/h8H,2-5H2,1H3. The van der Waals surface area contributed by atoms with Crippen molar-refractivity contribution in [2.75, 3.05) is 0 Å². The van der Waals surface area contributed by atoms with Crippen LogP contribution in [0, 0.1) is 28.6 Å². The van der Waals surface area contributed by atoms with E-state index in [9.17, 15) is 0 Å². The molecule has 0 aliphatic heterocycles. The summed E-state index contributed by atoms with van der Waals surface area (Å²) in [5.74, 6) is 0.757. The second-order valence-electron chi connectivity index (χ2n) is 3.38. The molecule has 0 saturated heterocycles. The Morgan fingerprint density at radius 2 is 1.75 bits per heavy atom. The van der Waals surface area contributed by atoms with Crippen LogP contribution in [0.5, 0.6) is 0 Å². The molecule has 0 N–H and O–H groups in total. The minimum absolute atomic E-state index is 0.349. The van der Waals surface area contributed by atoms with Crippen molar-refractivity contribution in [1.29, 1.82) is 10.5 Å². The largest absolute Gasteiger partial charge is 0.192 e. The van der Waals surface area contributed by atoms with E-state index < -0.39 is 0 Å². The molecule has 0 spiro atoms. The quantitative estimate of drug-likeness (QED) is 0.511. The van der Waals surface area contributed by atoms with Crippen molar-refractivity contribution in [1.82, 2.24) is 0 Å². The highest BCUT2D eigenvalue weighted by Crippen LogP contribution is 2.29. The molecular formula is C10H12N2. The van der Waals surface area contributed by atoms with Gasteiger partial charge in [0.1, 0.15) is 17.7 Å². The summed E-state index contributed by atoms with van der Waals surface area (Å²) < 4.78 is 0. The van der Waals surface area contributed by atoms with E-state index >= 15 is 0 Å². The van der Waals surface area contributed by atoms with Gasteiger partial charge in [0.25, 0.3) is 0 Å². The van der Waals surface area contributed by atoms with E-state index in [0.29, 0.717) is 5.57 Å². The highest BCUT2D eigenvalue weighted by molar-refractivity contribution is 5.40. The van der Waals surface area contributed by atoms with Crippen molar-refractivity contribution in [2.24, 2.45) is 5.92 Å². The van der Waals surface area contributed by atoms with Gasteiger partial charge in [-0.15, -0.1) is 0 Å². The normalized spacial score (nSPS) is 22.6. The van der Waals surface area contributed by atoms with Crippen molar-refractivity contribution < 1.29 is 0 Å². The number of rotatable bonds is 0. The maximum Gasteiger partial charge on any atom is 0.128 e. The second-order valence-corrected chi connectivity index (χ2v) is 3.38. The third-order valence-corrected chi connectivity index (χ3v) is 2.45. The average Bonchev–Trinajstić information content (AvgIpc) is 2.10. The van der Waals surface area contributed by atoms with Gasteiger partial charge in [-0.05, 0) is 37.2 Å². The van der Waals surface area contributed by atoms with Crippen LogP contribution in [0.15, 0.2) is 11.1 Å². The predicted octanol–water partition coefficient (Wildman–Crippen LogP) is 2.54. The van der Waals surface area contributed by atoms with Gasteiger partial charge in [0.15, 0.2) is 0 Å². The fourth-order valence-electron chi connectivity index (χ4n) is 1.54. The summed E-state index contributed by atoms with van der Waals surface area (Å²) in [5.41, 5.74) is 1.42. The fraction of sp³-hybridized carbons (Fsp3) is 0.600. The zero-order valence-electron chi connectivity index (χ0n) is 7.30. The summed E-state index contributed by atoms with van der Waals surface area (Å²) in [6.45, 7) is 2.22. The van der Waals surface area contributed by atoms with Gasteiger partial charge < -0.3 is 0 Å². The van der Waals surface area contributed by atoms with E-state index in [4.69, 9.17) is 10.5 Å². The molecule has 0 aromatic rings. The van der Waals surface area contributed by atoms with Gasteiger partial charge in [-0.25, -0.2) is 0 Å². The van der Waals surface area contributed by atoms with E-state index in [-0.39, 0.29) is 0 Å². The van der Waals surface area contributed by atoms with E-state index in [1.54, 1.807) is 0 Å². The number of hydrogen-bond donors (Lipinski definition) is 0. The molecule has 1 fully saturated rings. The molecule has 0 unspecified atom stereocenters. The predicted molar refractivity (Wildman–Crippen MR) is 45.9 cm³/mol. The monoisotopic (exact) mass is 160 g/mol. The lowest BCUT2D eigenvalue weighted by Gasteiger charge is -2.19. The molecule has 1 saturated carbocycles. The van der Waals surface area contributed by atoms with E-state index in [0.717, 1.165) is 37.2 Å². The first-order chi connectivity index (χ1) is 5.77. The van der Waals surface area contributed by atoms with Gasteiger partial charge in [-0.3, -0.25) is 0 Å². The lowest BCUT2D eigenvalue weighted by Crippen LogP contribution is -2.05. The summed E-state index contributed by atoms with van der Waals surface area (Å²) in [6, 6.07) is 3.91. The van der Waals surface area contributed by atoms with Gasteiger partial charge in [-0.1, -0.05) is 6.92 Å². The van der Waals surface area contributed by atoms with Crippen LogP contribution in [0.2, 0.25) is 0 Å². The van der Waals surface area contributed by atoms with Crippen LogP contribution in [0.4, 0.5) is 0 Å². The summed E-state index contributed by atoms with van der Waals surface area (Å²) in [7, 11) is 0. The van der Waals surface area contributed by atoms with Crippen LogP contribution in [0.1, 0.15) is 32.6 Å². The smallest absolute Gasteiger partial charge is 0.128 e. The molecule has 0 amide bonds. The molecule has 1 rings (SSSR count). The maximum atomic E-state index is 8.61. The average molecular weight is 160 g/mol. The number of nitrogens with zero attached hydrogens (tertiary/aromatic N) is 2. The summed E-state index contributed by atoms with van der Waals surface area (Å²) in [4.78, 5) is 0. The Hall–Kier alpha value is -1.28. The highest BCUT2D eigenvalue weighted by Gasteiger charge is 2.15. The SMILES string of the molecule is CC1CCC(=C(C#N)C#N)CC1. The summed E-state index contributed by atoms with van der Waals surface area (Å²) >= 11 is 0. The Morgan fingerprint density at radius 1 is 1.25 bits per heavy atom. The first-order valence-electron chi connectivity index (χ1n) is 4.30. The van der Waals surface area contributed by atoms with Crippen LogP contribution < -0.4 is 0 Å². The molecule has 62 valence electrons. The molecule has 2 heteroatoms. The lowest BCUT2D eigenvalue weighted by atomic mass is 9.85. The number of allylic oxidation sites excluding steroid dienone is 2. The van der Waals surface area contributed by atoms with E-state index in [2.05, 4.69) is 6.92 Å². The maximum absolute atomic E-state index is 8.61. The second kappa shape index (κ2) is 3.93. The van der Waals surface area contributed by atoms with Crippen LogP contribution in [0.3, 0.4) is 0 Å². The van der Waals surface area contributed by atoms with Gasteiger partial charge >= 0.3 is 0 Å². The number of hydrogen-bond acceptors (Lipinski definition) is 2. The molecule has 1 aliphatic carbocycles. The Morgan fingerprint density at radius 3 is 2.17 bits per heavy atom. The molecule has 0 atom stereocenters. The molecule has 1 aliphatic rings. The lowest BCUT2D eigenvalue weighted by molar-refractivity contribution is 0.443. The fourth-order valence-corrected chi connectivity index (χ4v) is 1.54. The molecule has 0 radical (unpaired) electrons. The van der Waals surface area contributed by atoms with E-state index in [1.165, 1.54) is 0 Å². The Bertz CT molecular complexity index is 249. The van der Waals surface area contributed by atoms with Crippen molar-refractivity contribution in [3.8, 4) is 12.1 Å². The van der Waals surface area contributed by atoms with Crippen LogP contribution in [-0.2, 0) is 0 Å². The molecule has 12 heavy (non-hydrogen) atoms. The molecule has 0 aromatic carbocycles. The molecule has 0 bridgehead atoms. The first-order valence-corrected chi connectivity index (χ1v) is 4.30. The topological polar surface area (TPSA) is 47.6 Å². The first kappa shape index (κ1) is 8.81. The van der Waals surface area contributed by atoms with Crippen molar-refractivity contribution in [3.05, 3.63) is 11.1 Å². The van der Waals surface area contributed by atoms with Crippen LogP contribution in [0.25, 0.3) is 0 Å². The zero-order valence-corrected chi connectivity index (χ0v) is 7.30. The minimum Gasteiger partial charge on any atom is -0.192 e. The van der Waals surface area contributed by atoms with Crippen molar-refractivity contribution in [2.45, 2.75) is 32.6 Å². The van der Waals surface area contributed by atoms with Gasteiger partial charge in [0, 0.05) is 0 Å².